The zero-order chi connectivity index (χ0) is 26.9. The third-order valence-electron chi connectivity index (χ3n) is 5.71. The second-order valence-electron chi connectivity index (χ2n) is 8.58. The van der Waals surface area contributed by atoms with Gasteiger partial charge in [-0.1, -0.05) is 47.2 Å². The van der Waals surface area contributed by atoms with Crippen molar-refractivity contribution >= 4 is 36.2 Å². The first-order valence-electron chi connectivity index (χ1n) is 11.8. The predicted octanol–water partition coefficient (Wildman–Crippen LogP) is 3.58. The van der Waals surface area contributed by atoms with Crippen LogP contribution in [-0.2, 0) is 16.0 Å². The van der Waals surface area contributed by atoms with Gasteiger partial charge in [-0.2, -0.15) is 0 Å². The molecule has 2 amide bonds. The first kappa shape index (κ1) is 25.9. The topological polar surface area (TPSA) is 123 Å². The first-order valence-corrected chi connectivity index (χ1v) is 11.8. The number of carbonyl (C=O) groups excluding carboxylic acids is 4. The Bertz CT molecular complexity index is 1480. The van der Waals surface area contributed by atoms with Crippen molar-refractivity contribution in [1.29, 1.82) is 0 Å². The Kier molecular flexibility index (Phi) is 8.30. The molecular weight excluding hydrogens is 482 g/mol. The summed E-state index contributed by atoms with van der Waals surface area (Å²) in [5.74, 6) is -0.855. The Morgan fingerprint density at radius 1 is 0.974 bits per heavy atom. The fourth-order valence-electron chi connectivity index (χ4n) is 3.78. The summed E-state index contributed by atoms with van der Waals surface area (Å²) in [6.07, 6.45) is 6.07. The summed E-state index contributed by atoms with van der Waals surface area (Å²) >= 11 is 0. The van der Waals surface area contributed by atoms with Crippen LogP contribution in [-0.4, -0.2) is 45.4 Å². The molecule has 0 fully saturated rings. The van der Waals surface area contributed by atoms with Gasteiger partial charge in [0.05, 0.1) is 11.9 Å². The van der Waals surface area contributed by atoms with E-state index in [1.165, 1.54) is 17.0 Å². The zero-order valence-corrected chi connectivity index (χ0v) is 20.6. The monoisotopic (exact) mass is 507 g/mol. The van der Waals surface area contributed by atoms with E-state index in [0.717, 1.165) is 17.4 Å². The molecule has 38 heavy (non-hydrogen) atoms. The van der Waals surface area contributed by atoms with Crippen molar-refractivity contribution < 1.29 is 19.2 Å². The number of hydrogen-bond donors (Lipinski definition) is 2. The summed E-state index contributed by atoms with van der Waals surface area (Å²) < 4.78 is 1.46. The molecule has 0 aliphatic carbocycles. The lowest BCUT2D eigenvalue weighted by Crippen LogP contribution is -2.44. The van der Waals surface area contributed by atoms with Crippen LogP contribution in [0.1, 0.15) is 37.5 Å². The van der Waals surface area contributed by atoms with Crippen molar-refractivity contribution in [3.05, 3.63) is 113 Å². The van der Waals surface area contributed by atoms with Crippen molar-refractivity contribution in [2.75, 3.05) is 5.32 Å². The van der Waals surface area contributed by atoms with Crippen LogP contribution < -0.4 is 10.6 Å². The maximum absolute atomic E-state index is 13.1. The van der Waals surface area contributed by atoms with E-state index >= 15 is 0 Å². The van der Waals surface area contributed by atoms with Crippen LogP contribution in [0.3, 0.4) is 0 Å². The molecule has 0 bridgehead atoms. The Hall–Kier alpha value is -5.18. The molecule has 2 N–H and O–H groups in total. The molecule has 1 heterocycles. The highest BCUT2D eigenvalue weighted by Gasteiger charge is 2.21. The number of carbonyl (C=O) groups is 4. The van der Waals surface area contributed by atoms with Gasteiger partial charge in [0, 0.05) is 29.3 Å². The highest BCUT2D eigenvalue weighted by atomic mass is 16.2. The molecule has 4 aromatic rings. The highest BCUT2D eigenvalue weighted by Crippen LogP contribution is 2.18. The number of nitrogens with zero attached hydrogens (tertiary/aromatic N) is 3. The van der Waals surface area contributed by atoms with Crippen LogP contribution >= 0.6 is 0 Å². The van der Waals surface area contributed by atoms with Crippen LogP contribution in [0.15, 0.2) is 85.1 Å². The average molecular weight is 508 g/mol. The van der Waals surface area contributed by atoms with E-state index in [9.17, 15) is 19.2 Å². The molecule has 0 saturated heterocycles. The summed E-state index contributed by atoms with van der Waals surface area (Å²) in [7, 11) is 0. The van der Waals surface area contributed by atoms with Gasteiger partial charge in [-0.25, -0.2) is 4.68 Å². The minimum atomic E-state index is -0.859. The minimum absolute atomic E-state index is 0.189. The number of nitrogens with one attached hydrogen (secondary N) is 2. The number of amides is 2. The summed E-state index contributed by atoms with van der Waals surface area (Å²) in [5, 5.41) is 13.4. The Morgan fingerprint density at radius 3 is 2.42 bits per heavy atom. The predicted molar refractivity (Wildman–Crippen MR) is 143 cm³/mol. The second-order valence-corrected chi connectivity index (χ2v) is 8.58. The number of aryl methyl sites for hydroxylation is 1. The molecule has 4 rings (SSSR count). The standard InChI is InChI=1S/C29H25N5O4/c1-20-7-13-27(34-17-25(19-36)32-33-34)23(15-20)10-14-28(37)31-26(16-21-5-3-2-4-6-21)29(38)30-24-11-8-22(18-35)9-12-24/h2-15,17-19,26H,16H2,1H3,(H,30,38)(H,31,37)/b14-10+/t26-/m0/s1. The van der Waals surface area contributed by atoms with Gasteiger partial charge in [-0.15, -0.1) is 5.10 Å². The molecule has 0 aliphatic heterocycles. The van der Waals surface area contributed by atoms with Crippen LogP contribution in [0.2, 0.25) is 0 Å². The van der Waals surface area contributed by atoms with E-state index in [4.69, 9.17) is 0 Å². The van der Waals surface area contributed by atoms with Gasteiger partial charge in [0.1, 0.15) is 18.0 Å². The molecule has 1 aromatic heterocycles. The van der Waals surface area contributed by atoms with Crippen molar-refractivity contribution in [3.8, 4) is 5.69 Å². The summed E-state index contributed by atoms with van der Waals surface area (Å²) in [6, 6.07) is 20.5. The van der Waals surface area contributed by atoms with Gasteiger partial charge in [0.15, 0.2) is 6.29 Å². The largest absolute Gasteiger partial charge is 0.340 e. The summed E-state index contributed by atoms with van der Waals surface area (Å²) in [4.78, 5) is 48.0. The number of anilines is 1. The molecule has 0 spiro atoms. The molecule has 0 aliphatic rings. The lowest BCUT2D eigenvalue weighted by Gasteiger charge is -2.18. The lowest BCUT2D eigenvalue weighted by atomic mass is 10.0. The van der Waals surface area contributed by atoms with E-state index in [1.54, 1.807) is 30.3 Å². The maximum atomic E-state index is 13.1. The fourth-order valence-corrected chi connectivity index (χ4v) is 3.78. The molecule has 0 saturated carbocycles. The Balaban J connectivity index is 1.53. The molecular formula is C29H25N5O4. The van der Waals surface area contributed by atoms with E-state index < -0.39 is 17.9 Å². The van der Waals surface area contributed by atoms with Gasteiger partial charge in [-0.3, -0.25) is 19.2 Å². The molecule has 9 nitrogen and oxygen atoms in total. The van der Waals surface area contributed by atoms with Crippen molar-refractivity contribution in [2.45, 2.75) is 19.4 Å². The number of benzene rings is 3. The van der Waals surface area contributed by atoms with Crippen LogP contribution in [0.25, 0.3) is 11.8 Å². The lowest BCUT2D eigenvalue weighted by molar-refractivity contribution is -0.123. The first-order chi connectivity index (χ1) is 18.4. The van der Waals surface area contributed by atoms with Gasteiger partial charge in [0.2, 0.25) is 11.8 Å². The van der Waals surface area contributed by atoms with Crippen LogP contribution in [0, 0.1) is 6.92 Å². The van der Waals surface area contributed by atoms with Gasteiger partial charge < -0.3 is 10.6 Å². The molecule has 0 unspecified atom stereocenters. The van der Waals surface area contributed by atoms with Gasteiger partial charge >= 0.3 is 0 Å². The quantitative estimate of drug-likeness (QED) is 0.250. The summed E-state index contributed by atoms with van der Waals surface area (Å²) in [5.41, 5.74) is 4.35. The molecule has 190 valence electrons. The number of aldehydes is 2. The molecule has 9 heteroatoms. The van der Waals surface area contributed by atoms with Crippen molar-refractivity contribution in [2.24, 2.45) is 0 Å². The minimum Gasteiger partial charge on any atom is -0.340 e. The van der Waals surface area contributed by atoms with Gasteiger partial charge in [0.25, 0.3) is 0 Å². The number of hydrogen-bond acceptors (Lipinski definition) is 6. The number of rotatable bonds is 10. The van der Waals surface area contributed by atoms with E-state index in [0.29, 0.717) is 28.8 Å². The second kappa shape index (κ2) is 12.2. The average Bonchev–Trinajstić information content (AvgIpc) is 3.42. The van der Waals surface area contributed by atoms with E-state index in [-0.39, 0.29) is 12.1 Å². The van der Waals surface area contributed by atoms with E-state index in [1.807, 2.05) is 55.5 Å². The molecule has 3 aromatic carbocycles. The SMILES string of the molecule is Cc1ccc(-n2cc(C=O)nn2)c(/C=C/C(=O)N[C@@H](Cc2ccccc2)C(=O)Nc2ccc(C=O)cc2)c1. The fraction of sp³-hybridized carbons (Fsp3) is 0.103. The highest BCUT2D eigenvalue weighted by molar-refractivity contribution is 6.00. The number of aromatic nitrogens is 3. The van der Waals surface area contributed by atoms with Gasteiger partial charge in [-0.05, 0) is 55.0 Å². The van der Waals surface area contributed by atoms with Crippen LogP contribution in [0.4, 0.5) is 5.69 Å². The smallest absolute Gasteiger partial charge is 0.247 e. The van der Waals surface area contributed by atoms with Crippen molar-refractivity contribution in [1.82, 2.24) is 20.3 Å². The normalized spacial score (nSPS) is 11.6. The molecule has 1 atom stereocenters. The Morgan fingerprint density at radius 2 is 1.74 bits per heavy atom. The van der Waals surface area contributed by atoms with Crippen molar-refractivity contribution in [3.63, 3.8) is 0 Å². The van der Waals surface area contributed by atoms with Crippen LogP contribution in [0.5, 0.6) is 0 Å². The Labute approximate surface area is 219 Å². The third kappa shape index (κ3) is 6.73. The molecule has 0 radical (unpaired) electrons. The summed E-state index contributed by atoms with van der Waals surface area (Å²) in [6.45, 7) is 1.92. The maximum Gasteiger partial charge on any atom is 0.247 e. The zero-order valence-electron chi connectivity index (χ0n) is 20.6. The third-order valence-corrected chi connectivity index (χ3v) is 5.71. The van der Waals surface area contributed by atoms with E-state index in [2.05, 4.69) is 20.9 Å².